The Morgan fingerprint density at radius 3 is 2.58 bits per heavy atom. The van der Waals surface area contributed by atoms with Crippen molar-refractivity contribution in [3.05, 3.63) is 0 Å². The second-order valence-electron chi connectivity index (χ2n) is 7.38. The zero-order valence-corrected chi connectivity index (χ0v) is 13.5. The Morgan fingerprint density at radius 1 is 1.21 bits per heavy atom. The van der Waals surface area contributed by atoms with Gasteiger partial charge in [-0.25, -0.2) is 0 Å². The normalized spacial score (nSPS) is 38.8. The van der Waals surface area contributed by atoms with Gasteiger partial charge in [0.1, 0.15) is 0 Å². The van der Waals surface area contributed by atoms with Crippen molar-refractivity contribution in [3.8, 4) is 0 Å². The van der Waals surface area contributed by atoms with Crippen LogP contribution in [-0.4, -0.2) is 61.2 Å². The summed E-state index contributed by atoms with van der Waals surface area (Å²) in [5.41, 5.74) is 0. The van der Waals surface area contributed by atoms with Crippen LogP contribution in [0, 0.1) is 11.8 Å². The second kappa shape index (κ2) is 6.55. The third-order valence-electron chi connectivity index (χ3n) is 4.94. The average Bonchev–Trinajstić information content (AvgIpc) is 2.31. The number of hydrogen-bond acceptors (Lipinski definition) is 3. The number of likely N-dealkylation sites (tertiary alicyclic amines) is 1. The molecule has 0 saturated carbocycles. The summed E-state index contributed by atoms with van der Waals surface area (Å²) in [6.07, 6.45) is 2.65. The van der Waals surface area contributed by atoms with E-state index in [0.29, 0.717) is 12.1 Å². The van der Waals surface area contributed by atoms with Crippen molar-refractivity contribution in [3.63, 3.8) is 0 Å². The van der Waals surface area contributed by atoms with Gasteiger partial charge >= 0.3 is 0 Å². The Morgan fingerprint density at radius 2 is 1.95 bits per heavy atom. The van der Waals surface area contributed by atoms with Crippen LogP contribution in [0.5, 0.6) is 0 Å². The van der Waals surface area contributed by atoms with Gasteiger partial charge in [0.05, 0.1) is 0 Å². The van der Waals surface area contributed by atoms with Crippen molar-refractivity contribution in [2.24, 2.45) is 11.8 Å². The molecule has 0 aliphatic carbocycles. The molecule has 2 aliphatic rings. The van der Waals surface area contributed by atoms with E-state index in [4.69, 9.17) is 0 Å². The molecule has 0 radical (unpaired) electrons. The van der Waals surface area contributed by atoms with Crippen LogP contribution in [0.1, 0.15) is 40.5 Å². The van der Waals surface area contributed by atoms with Crippen molar-refractivity contribution in [2.75, 3.05) is 33.2 Å². The lowest BCUT2D eigenvalue weighted by atomic mass is 9.89. The Kier molecular flexibility index (Phi) is 5.27. The molecule has 112 valence electrons. The molecular formula is C16H33N3. The predicted molar refractivity (Wildman–Crippen MR) is 82.5 cm³/mol. The van der Waals surface area contributed by atoms with Crippen molar-refractivity contribution in [2.45, 2.75) is 58.7 Å². The van der Waals surface area contributed by atoms with Crippen molar-refractivity contribution in [1.82, 2.24) is 15.1 Å². The first-order valence-corrected chi connectivity index (χ1v) is 8.15. The minimum atomic E-state index is 0.694. The fraction of sp³-hybridized carbons (Fsp3) is 1.00. The van der Waals surface area contributed by atoms with Crippen LogP contribution < -0.4 is 5.32 Å². The first-order valence-electron chi connectivity index (χ1n) is 8.15. The van der Waals surface area contributed by atoms with Crippen LogP contribution in [0.15, 0.2) is 0 Å². The fourth-order valence-corrected chi connectivity index (χ4v) is 3.98. The quantitative estimate of drug-likeness (QED) is 0.844. The molecule has 0 amide bonds. The smallest absolute Gasteiger partial charge is 0.0198 e. The molecule has 2 rings (SSSR count). The number of hydrogen-bond donors (Lipinski definition) is 1. The standard InChI is InChI=1S/C16H33N3/c1-12(2)8-15-11-19(14(4)9-17-15)16-6-7-18(5)10-13(16)3/h12-17H,6-11H2,1-5H3. The Hall–Kier alpha value is -0.120. The molecule has 2 heterocycles. The molecule has 1 N–H and O–H groups in total. The Labute approximate surface area is 119 Å². The maximum Gasteiger partial charge on any atom is 0.0198 e. The maximum atomic E-state index is 3.74. The number of nitrogens with zero attached hydrogens (tertiary/aromatic N) is 2. The van der Waals surface area contributed by atoms with E-state index in [9.17, 15) is 0 Å². The van der Waals surface area contributed by atoms with Crippen molar-refractivity contribution >= 4 is 0 Å². The SMILES string of the molecule is CC(C)CC1CN(C2CCN(C)CC2C)C(C)CN1. The van der Waals surface area contributed by atoms with Gasteiger partial charge in [-0.15, -0.1) is 0 Å². The highest BCUT2D eigenvalue weighted by Crippen LogP contribution is 2.25. The van der Waals surface area contributed by atoms with Crippen LogP contribution in [-0.2, 0) is 0 Å². The summed E-state index contributed by atoms with van der Waals surface area (Å²) in [5.74, 6) is 1.60. The molecule has 0 spiro atoms. The van der Waals surface area contributed by atoms with Crippen LogP contribution in [0.2, 0.25) is 0 Å². The zero-order valence-electron chi connectivity index (χ0n) is 13.5. The van der Waals surface area contributed by atoms with Gasteiger partial charge in [-0.1, -0.05) is 20.8 Å². The van der Waals surface area contributed by atoms with E-state index < -0.39 is 0 Å². The van der Waals surface area contributed by atoms with Gasteiger partial charge in [-0.05, 0) is 45.2 Å². The lowest BCUT2D eigenvalue weighted by Crippen LogP contribution is -2.61. The van der Waals surface area contributed by atoms with E-state index in [1.54, 1.807) is 0 Å². The summed E-state index contributed by atoms with van der Waals surface area (Å²) in [7, 11) is 2.26. The van der Waals surface area contributed by atoms with Crippen LogP contribution in [0.25, 0.3) is 0 Å². The van der Waals surface area contributed by atoms with Gasteiger partial charge in [0, 0.05) is 37.8 Å². The lowest BCUT2D eigenvalue weighted by Gasteiger charge is -2.48. The van der Waals surface area contributed by atoms with Gasteiger partial charge in [-0.3, -0.25) is 4.90 Å². The molecule has 0 aromatic heterocycles. The second-order valence-corrected chi connectivity index (χ2v) is 7.38. The van der Waals surface area contributed by atoms with Crippen LogP contribution in [0.3, 0.4) is 0 Å². The predicted octanol–water partition coefficient (Wildman–Crippen LogP) is 2.04. The molecule has 0 aromatic carbocycles. The molecule has 19 heavy (non-hydrogen) atoms. The number of rotatable bonds is 3. The largest absolute Gasteiger partial charge is 0.311 e. The molecule has 0 bridgehead atoms. The number of piperazine rings is 1. The molecule has 2 aliphatic heterocycles. The summed E-state index contributed by atoms with van der Waals surface area (Å²) in [6, 6.07) is 2.19. The molecule has 3 nitrogen and oxygen atoms in total. The van der Waals surface area contributed by atoms with Crippen molar-refractivity contribution in [1.29, 1.82) is 0 Å². The molecule has 4 unspecified atom stereocenters. The van der Waals surface area contributed by atoms with Gasteiger partial charge in [0.25, 0.3) is 0 Å². The maximum absolute atomic E-state index is 3.74. The molecule has 2 saturated heterocycles. The molecular weight excluding hydrogens is 234 g/mol. The third kappa shape index (κ3) is 3.93. The van der Waals surface area contributed by atoms with E-state index in [1.807, 2.05) is 0 Å². The Bertz CT molecular complexity index is 279. The fourth-order valence-electron chi connectivity index (χ4n) is 3.98. The van der Waals surface area contributed by atoms with E-state index in [-0.39, 0.29) is 0 Å². The van der Waals surface area contributed by atoms with Gasteiger partial charge in [0.2, 0.25) is 0 Å². The van der Waals surface area contributed by atoms with Gasteiger partial charge in [0.15, 0.2) is 0 Å². The summed E-state index contributed by atoms with van der Waals surface area (Å²) in [4.78, 5) is 5.29. The van der Waals surface area contributed by atoms with Gasteiger partial charge < -0.3 is 10.2 Å². The first-order chi connectivity index (χ1) is 8.97. The Balaban J connectivity index is 1.96. The third-order valence-corrected chi connectivity index (χ3v) is 4.94. The lowest BCUT2D eigenvalue weighted by molar-refractivity contribution is 0.0207. The van der Waals surface area contributed by atoms with E-state index in [2.05, 4.69) is 49.9 Å². The molecule has 0 aromatic rings. The summed E-state index contributed by atoms with van der Waals surface area (Å²) < 4.78 is 0. The van der Waals surface area contributed by atoms with Crippen LogP contribution in [0.4, 0.5) is 0 Å². The van der Waals surface area contributed by atoms with Gasteiger partial charge in [-0.2, -0.15) is 0 Å². The highest BCUT2D eigenvalue weighted by Gasteiger charge is 2.35. The molecule has 3 heteroatoms. The number of piperidine rings is 1. The average molecular weight is 267 g/mol. The summed E-state index contributed by atoms with van der Waals surface area (Å²) in [6.45, 7) is 14.4. The number of nitrogens with one attached hydrogen (secondary N) is 1. The van der Waals surface area contributed by atoms with Crippen LogP contribution >= 0.6 is 0 Å². The molecule has 2 fully saturated rings. The monoisotopic (exact) mass is 267 g/mol. The highest BCUT2D eigenvalue weighted by molar-refractivity contribution is 4.92. The summed E-state index contributed by atoms with van der Waals surface area (Å²) >= 11 is 0. The minimum absolute atomic E-state index is 0.694. The summed E-state index contributed by atoms with van der Waals surface area (Å²) in [5, 5.41) is 3.74. The van der Waals surface area contributed by atoms with E-state index >= 15 is 0 Å². The first kappa shape index (κ1) is 15.3. The topological polar surface area (TPSA) is 18.5 Å². The van der Waals surface area contributed by atoms with Crippen molar-refractivity contribution < 1.29 is 0 Å². The molecule has 4 atom stereocenters. The highest BCUT2D eigenvalue weighted by atomic mass is 15.3. The van der Waals surface area contributed by atoms with E-state index in [0.717, 1.165) is 24.4 Å². The van der Waals surface area contributed by atoms with E-state index in [1.165, 1.54) is 32.5 Å². The minimum Gasteiger partial charge on any atom is -0.311 e. The zero-order chi connectivity index (χ0) is 14.0.